The normalized spacial score (nSPS) is 11.7. The maximum atomic E-state index is 12.2. The monoisotopic (exact) mass is 393 g/mol. The zero-order valence-electron chi connectivity index (χ0n) is 14.8. The van der Waals surface area contributed by atoms with E-state index in [9.17, 15) is 23.3 Å². The minimum atomic E-state index is -4.37. The first kappa shape index (κ1) is 19.7. The Morgan fingerprint density at radius 1 is 1.18 bits per heavy atom. The third kappa shape index (κ3) is 5.23. The number of rotatable bonds is 8. The lowest BCUT2D eigenvalue weighted by Crippen LogP contribution is -2.19. The van der Waals surface area contributed by atoms with Crippen LogP contribution in [0.2, 0.25) is 0 Å². The zero-order valence-corrected chi connectivity index (χ0v) is 14.8. The molecule has 0 fully saturated rings. The standard InChI is InChI=1S/C19H18F3N3O3/c20-19(21,22)12-28-16-3-1-2-13(8-16)10-23-7-6-14-11-24-18-5-4-15(25(26)27)9-17(14)18/h1-5,8-9,11,23-24H,6-7,10,12H2. The second-order valence-corrected chi connectivity index (χ2v) is 6.28. The first-order valence-corrected chi connectivity index (χ1v) is 8.55. The highest BCUT2D eigenvalue weighted by molar-refractivity contribution is 5.85. The smallest absolute Gasteiger partial charge is 0.422 e. The molecule has 1 heterocycles. The number of H-pyrrole nitrogens is 1. The number of benzene rings is 2. The quantitative estimate of drug-likeness (QED) is 0.339. The topological polar surface area (TPSA) is 80.2 Å². The van der Waals surface area contributed by atoms with E-state index in [4.69, 9.17) is 4.74 Å². The van der Waals surface area contributed by atoms with Gasteiger partial charge in [-0.3, -0.25) is 10.1 Å². The molecule has 0 unspecified atom stereocenters. The van der Waals surface area contributed by atoms with Crippen LogP contribution in [0.25, 0.3) is 10.9 Å². The van der Waals surface area contributed by atoms with Crippen LogP contribution in [0.15, 0.2) is 48.7 Å². The largest absolute Gasteiger partial charge is 0.484 e. The lowest BCUT2D eigenvalue weighted by molar-refractivity contribution is -0.384. The molecule has 28 heavy (non-hydrogen) atoms. The lowest BCUT2D eigenvalue weighted by atomic mass is 10.1. The fraction of sp³-hybridized carbons (Fsp3) is 0.263. The summed E-state index contributed by atoms with van der Waals surface area (Å²) >= 11 is 0. The number of aromatic nitrogens is 1. The van der Waals surface area contributed by atoms with Crippen LogP contribution in [0.1, 0.15) is 11.1 Å². The molecule has 0 bridgehead atoms. The molecule has 2 N–H and O–H groups in total. The van der Waals surface area contributed by atoms with Gasteiger partial charge >= 0.3 is 6.18 Å². The van der Waals surface area contributed by atoms with E-state index < -0.39 is 17.7 Å². The Morgan fingerprint density at radius 2 is 2.00 bits per heavy atom. The molecule has 0 amide bonds. The minimum absolute atomic E-state index is 0.0389. The van der Waals surface area contributed by atoms with Gasteiger partial charge in [-0.2, -0.15) is 13.2 Å². The van der Waals surface area contributed by atoms with Crippen LogP contribution in [0.4, 0.5) is 18.9 Å². The molecular weight excluding hydrogens is 375 g/mol. The molecule has 9 heteroatoms. The van der Waals surface area contributed by atoms with Gasteiger partial charge in [-0.25, -0.2) is 0 Å². The average molecular weight is 393 g/mol. The molecule has 0 aliphatic carbocycles. The van der Waals surface area contributed by atoms with Crippen molar-refractivity contribution in [2.75, 3.05) is 13.2 Å². The molecule has 3 aromatic rings. The molecule has 0 atom stereocenters. The summed E-state index contributed by atoms with van der Waals surface area (Å²) in [5.74, 6) is 0.167. The van der Waals surface area contributed by atoms with Crippen LogP contribution in [-0.4, -0.2) is 29.2 Å². The molecule has 0 saturated heterocycles. The zero-order chi connectivity index (χ0) is 20.1. The summed E-state index contributed by atoms with van der Waals surface area (Å²) in [6, 6.07) is 11.2. The summed E-state index contributed by atoms with van der Waals surface area (Å²) in [5.41, 5.74) is 2.62. The van der Waals surface area contributed by atoms with Gasteiger partial charge in [0.05, 0.1) is 4.92 Å². The van der Waals surface area contributed by atoms with Gasteiger partial charge in [-0.1, -0.05) is 12.1 Å². The van der Waals surface area contributed by atoms with Crippen molar-refractivity contribution in [3.63, 3.8) is 0 Å². The minimum Gasteiger partial charge on any atom is -0.484 e. The van der Waals surface area contributed by atoms with E-state index in [2.05, 4.69) is 10.3 Å². The summed E-state index contributed by atoms with van der Waals surface area (Å²) in [5, 5.41) is 15.0. The Kier molecular flexibility index (Phi) is 5.84. The molecule has 0 aliphatic heterocycles. The van der Waals surface area contributed by atoms with Gasteiger partial charge in [0.1, 0.15) is 5.75 Å². The third-order valence-electron chi connectivity index (χ3n) is 4.16. The molecule has 6 nitrogen and oxygen atoms in total. The lowest BCUT2D eigenvalue weighted by Gasteiger charge is -2.10. The van der Waals surface area contributed by atoms with E-state index in [1.807, 2.05) is 6.20 Å². The molecule has 148 valence electrons. The highest BCUT2D eigenvalue weighted by atomic mass is 19.4. The number of nitro groups is 1. The number of nitrogens with zero attached hydrogens (tertiary/aromatic N) is 1. The van der Waals surface area contributed by atoms with E-state index >= 15 is 0 Å². The number of hydrogen-bond donors (Lipinski definition) is 2. The van der Waals surface area contributed by atoms with Crippen molar-refractivity contribution >= 4 is 16.6 Å². The predicted octanol–water partition coefficient (Wildman–Crippen LogP) is 4.35. The van der Waals surface area contributed by atoms with Gasteiger partial charge in [0.25, 0.3) is 5.69 Å². The number of nitro benzene ring substituents is 1. The van der Waals surface area contributed by atoms with Crippen LogP contribution in [-0.2, 0) is 13.0 Å². The summed E-state index contributed by atoms with van der Waals surface area (Å²) in [4.78, 5) is 13.6. The number of ether oxygens (including phenoxy) is 1. The number of halogens is 3. The Labute approximate surface area is 158 Å². The second-order valence-electron chi connectivity index (χ2n) is 6.28. The van der Waals surface area contributed by atoms with Gasteiger partial charge in [-0.15, -0.1) is 0 Å². The number of nitrogens with one attached hydrogen (secondary N) is 2. The first-order valence-electron chi connectivity index (χ1n) is 8.55. The van der Waals surface area contributed by atoms with Crippen molar-refractivity contribution in [2.24, 2.45) is 0 Å². The molecular formula is C19H18F3N3O3. The third-order valence-corrected chi connectivity index (χ3v) is 4.16. The average Bonchev–Trinajstić information content (AvgIpc) is 3.05. The van der Waals surface area contributed by atoms with E-state index in [0.717, 1.165) is 22.0 Å². The Morgan fingerprint density at radius 3 is 2.75 bits per heavy atom. The number of fused-ring (bicyclic) bond motifs is 1. The Hall–Kier alpha value is -3.07. The molecule has 0 saturated carbocycles. The molecule has 3 rings (SSSR count). The van der Waals surface area contributed by atoms with Crippen molar-refractivity contribution < 1.29 is 22.8 Å². The summed E-state index contributed by atoms with van der Waals surface area (Å²) in [7, 11) is 0. The summed E-state index contributed by atoms with van der Waals surface area (Å²) in [6.45, 7) is -0.258. The summed E-state index contributed by atoms with van der Waals surface area (Å²) < 4.78 is 41.4. The molecule has 0 spiro atoms. The fourth-order valence-corrected chi connectivity index (χ4v) is 2.85. The van der Waals surface area contributed by atoms with E-state index in [-0.39, 0.29) is 11.4 Å². The predicted molar refractivity (Wildman–Crippen MR) is 98.4 cm³/mol. The molecule has 1 aromatic heterocycles. The van der Waals surface area contributed by atoms with E-state index in [1.165, 1.54) is 12.1 Å². The maximum Gasteiger partial charge on any atom is 0.422 e. The van der Waals surface area contributed by atoms with Gasteiger partial charge in [0, 0.05) is 35.8 Å². The van der Waals surface area contributed by atoms with Crippen molar-refractivity contribution in [1.82, 2.24) is 10.3 Å². The van der Waals surface area contributed by atoms with Crippen molar-refractivity contribution in [3.05, 3.63) is 69.9 Å². The molecule has 2 aromatic carbocycles. The second kappa shape index (κ2) is 8.30. The SMILES string of the molecule is O=[N+]([O-])c1ccc2[nH]cc(CCNCc3cccc(OCC(F)(F)F)c3)c2c1. The van der Waals surface area contributed by atoms with Crippen LogP contribution < -0.4 is 10.1 Å². The van der Waals surface area contributed by atoms with Crippen molar-refractivity contribution in [3.8, 4) is 5.75 Å². The van der Waals surface area contributed by atoms with Crippen LogP contribution in [0.5, 0.6) is 5.75 Å². The van der Waals surface area contributed by atoms with Gasteiger partial charge < -0.3 is 15.0 Å². The molecule has 0 aliphatic rings. The Balaban J connectivity index is 1.54. The van der Waals surface area contributed by atoms with Crippen molar-refractivity contribution in [1.29, 1.82) is 0 Å². The highest BCUT2D eigenvalue weighted by Gasteiger charge is 2.28. The first-order chi connectivity index (χ1) is 13.3. The maximum absolute atomic E-state index is 12.2. The van der Waals surface area contributed by atoms with Crippen LogP contribution in [0, 0.1) is 10.1 Å². The summed E-state index contributed by atoms with van der Waals surface area (Å²) in [6.07, 6.45) is -1.91. The van der Waals surface area contributed by atoms with Crippen molar-refractivity contribution in [2.45, 2.75) is 19.1 Å². The van der Waals surface area contributed by atoms with E-state index in [0.29, 0.717) is 19.5 Å². The van der Waals surface area contributed by atoms with Gasteiger partial charge in [0.2, 0.25) is 0 Å². The van der Waals surface area contributed by atoms with Crippen LogP contribution >= 0.6 is 0 Å². The molecule has 0 radical (unpaired) electrons. The number of aromatic amines is 1. The number of alkyl halides is 3. The number of hydrogen-bond acceptors (Lipinski definition) is 4. The highest BCUT2D eigenvalue weighted by Crippen LogP contribution is 2.24. The van der Waals surface area contributed by atoms with Gasteiger partial charge in [0.15, 0.2) is 6.61 Å². The van der Waals surface area contributed by atoms with Crippen LogP contribution in [0.3, 0.4) is 0 Å². The number of non-ortho nitro benzene ring substituents is 1. The van der Waals surface area contributed by atoms with E-state index in [1.54, 1.807) is 30.3 Å². The van der Waals surface area contributed by atoms with Gasteiger partial charge in [-0.05, 0) is 42.3 Å². The Bertz CT molecular complexity index is 970. The fourth-order valence-electron chi connectivity index (χ4n) is 2.85.